The lowest BCUT2D eigenvalue weighted by molar-refractivity contribution is -0.175. The molecule has 0 spiro atoms. The summed E-state index contributed by atoms with van der Waals surface area (Å²) in [6.07, 6.45) is 6.14. The molecule has 61 heavy (non-hydrogen) atoms. The second kappa shape index (κ2) is 20.9. The van der Waals surface area contributed by atoms with Crippen molar-refractivity contribution in [2.45, 2.75) is 201 Å². The number of hydrogen-bond donors (Lipinski definition) is 5. The number of nitrogens with one attached hydrogen (secondary N) is 2. The number of hydrogen-bond acceptors (Lipinski definition) is 8. The van der Waals surface area contributed by atoms with E-state index in [1.165, 1.54) is 12.8 Å². The SMILES string of the molecule is CC(C)C(=O)O.CC1CC(C(C)(C)C)C(O)C(C(C)(C)C)C1.Cc1cnc(C(C)(C)C(=O)OC2C(C(C)(C)C)CC(C)CC2C(C)(C)C)[nH]1.Cc1nc(C(C)(C)C(=O)O)n[nH]1.[HH].[HH]. The van der Waals surface area contributed by atoms with Gasteiger partial charge in [0.25, 0.3) is 0 Å². The first-order chi connectivity index (χ1) is 27.3. The molecule has 4 unspecified atom stereocenters. The third-order valence-corrected chi connectivity index (χ3v) is 12.9. The molecule has 2 aromatic heterocycles. The minimum Gasteiger partial charge on any atom is -0.481 e. The number of aliphatic hydroxyl groups is 1. The number of aliphatic hydroxyl groups excluding tert-OH is 1. The molecule has 2 heterocycles. The van der Waals surface area contributed by atoms with Crippen LogP contribution >= 0.6 is 0 Å². The van der Waals surface area contributed by atoms with Crippen LogP contribution in [-0.4, -0.2) is 70.6 Å². The molecule has 0 radical (unpaired) electrons. The first kappa shape index (κ1) is 55.7. The number of aromatic amines is 2. The highest BCUT2D eigenvalue weighted by atomic mass is 16.5. The maximum absolute atomic E-state index is 13.3. The Morgan fingerprint density at radius 3 is 1.36 bits per heavy atom. The second-order valence-corrected chi connectivity index (χ2v) is 24.1. The van der Waals surface area contributed by atoms with E-state index in [1.807, 2.05) is 20.8 Å². The number of ether oxygens (including phenoxy) is 1. The molecule has 2 saturated carbocycles. The van der Waals surface area contributed by atoms with Gasteiger partial charge in [-0.3, -0.25) is 19.5 Å². The summed E-state index contributed by atoms with van der Waals surface area (Å²) in [7, 11) is 0. The number of H-pyrrole nitrogens is 2. The van der Waals surface area contributed by atoms with Gasteiger partial charge in [-0.15, -0.1) is 0 Å². The summed E-state index contributed by atoms with van der Waals surface area (Å²) in [5.74, 6) is 2.51. The highest BCUT2D eigenvalue weighted by Crippen LogP contribution is 2.51. The Labute approximate surface area is 373 Å². The van der Waals surface area contributed by atoms with Crippen molar-refractivity contribution in [3.8, 4) is 0 Å². The van der Waals surface area contributed by atoms with Gasteiger partial charge in [-0.25, -0.2) is 9.97 Å². The topological polar surface area (TPSA) is 191 Å². The molecule has 0 aliphatic heterocycles. The van der Waals surface area contributed by atoms with Gasteiger partial charge < -0.3 is 25.0 Å². The Morgan fingerprint density at radius 2 is 1.08 bits per heavy atom. The van der Waals surface area contributed by atoms with Gasteiger partial charge in [0, 0.05) is 26.6 Å². The quantitative estimate of drug-likeness (QED) is 0.175. The third-order valence-electron chi connectivity index (χ3n) is 12.9. The zero-order valence-corrected chi connectivity index (χ0v) is 42.4. The Bertz CT molecular complexity index is 1660. The number of imidazole rings is 1. The van der Waals surface area contributed by atoms with E-state index in [4.69, 9.17) is 14.9 Å². The maximum atomic E-state index is 13.3. The fourth-order valence-corrected chi connectivity index (χ4v) is 8.44. The van der Waals surface area contributed by atoms with Gasteiger partial charge in [-0.05, 0) is 113 Å². The van der Waals surface area contributed by atoms with Gasteiger partial charge >= 0.3 is 17.9 Å². The van der Waals surface area contributed by atoms with Crippen LogP contribution in [0.4, 0.5) is 0 Å². The van der Waals surface area contributed by atoms with E-state index in [0.717, 1.165) is 24.5 Å². The number of aryl methyl sites for hydroxylation is 2. The molecular weight excluding hydrogens is 771 g/mol. The van der Waals surface area contributed by atoms with Gasteiger partial charge in [0.2, 0.25) is 0 Å². The molecule has 12 nitrogen and oxygen atoms in total. The minimum absolute atomic E-state index is 0. The largest absolute Gasteiger partial charge is 0.481 e. The average Bonchev–Trinajstić information content (AvgIpc) is 3.74. The number of carbonyl (C=O) groups is 3. The molecular formula is C49H93N5O7. The van der Waals surface area contributed by atoms with Crippen LogP contribution in [0.5, 0.6) is 0 Å². The fourth-order valence-electron chi connectivity index (χ4n) is 8.44. The molecule has 0 bridgehead atoms. The number of aromatic nitrogens is 5. The van der Waals surface area contributed by atoms with Gasteiger partial charge in [-0.2, -0.15) is 5.10 Å². The van der Waals surface area contributed by atoms with Crippen molar-refractivity contribution >= 4 is 17.9 Å². The summed E-state index contributed by atoms with van der Waals surface area (Å²) in [5, 5.41) is 33.8. The molecule has 2 aromatic rings. The standard InChI is InChI=1S/C23H40N2O2.C15H30O.C7H11N3O2.C4H8O2.2H2/c1-14-11-16(21(3,4)5)18(17(12-14)22(6,7)8)27-20(26)23(9,10)19-24-13-15(2)25-19;1-10-8-11(14(2,3)4)13(16)12(9-10)15(5,6)7;1-4-8-5(10-9-4)7(2,3)6(11)12;1-3(2)4(5)6;;/h13-14,16-18H,11-12H2,1-10H3,(H,24,25);10-13,16H,8-9H2,1-7H3;1-3H3,(H,11,12)(H,8,9,10);3H,1-2H3,(H,5,6);2*1H. The number of carboxylic acid groups (broad SMARTS) is 2. The van der Waals surface area contributed by atoms with Crippen LogP contribution in [0.1, 0.15) is 190 Å². The molecule has 4 atom stereocenters. The monoisotopic (exact) mass is 864 g/mol. The predicted octanol–water partition coefficient (Wildman–Crippen LogP) is 11.5. The Hall–Kier alpha value is -3.28. The summed E-state index contributed by atoms with van der Waals surface area (Å²) in [6, 6.07) is 0. The Morgan fingerprint density at radius 1 is 0.705 bits per heavy atom. The molecule has 0 saturated heterocycles. The summed E-state index contributed by atoms with van der Waals surface area (Å²) in [6.45, 7) is 45.8. The van der Waals surface area contributed by atoms with Crippen LogP contribution in [0.15, 0.2) is 6.20 Å². The molecule has 356 valence electrons. The summed E-state index contributed by atoms with van der Waals surface area (Å²) in [4.78, 5) is 45.3. The number of carboxylic acids is 2. The Kier molecular flexibility index (Phi) is 19.1. The number of nitrogens with zero attached hydrogens (tertiary/aromatic N) is 3. The van der Waals surface area contributed by atoms with E-state index in [9.17, 15) is 19.5 Å². The van der Waals surface area contributed by atoms with E-state index < -0.39 is 22.8 Å². The smallest absolute Gasteiger partial charge is 0.319 e. The number of rotatable bonds is 6. The predicted molar refractivity (Wildman–Crippen MR) is 249 cm³/mol. The fraction of sp³-hybridized carbons (Fsp3) is 0.837. The summed E-state index contributed by atoms with van der Waals surface area (Å²) >= 11 is 0. The van der Waals surface area contributed by atoms with Crippen LogP contribution in [0.25, 0.3) is 0 Å². The van der Waals surface area contributed by atoms with E-state index in [-0.39, 0.29) is 48.6 Å². The molecule has 2 fully saturated rings. The first-order valence-electron chi connectivity index (χ1n) is 22.5. The molecule has 2 aliphatic rings. The van der Waals surface area contributed by atoms with Crippen molar-refractivity contribution in [2.24, 2.45) is 63.1 Å². The molecule has 2 aliphatic carbocycles. The lowest BCUT2D eigenvalue weighted by atomic mass is 9.59. The molecule has 0 aromatic carbocycles. The zero-order valence-electron chi connectivity index (χ0n) is 42.4. The van der Waals surface area contributed by atoms with Crippen LogP contribution in [0.2, 0.25) is 0 Å². The highest BCUT2D eigenvalue weighted by Gasteiger charge is 2.50. The van der Waals surface area contributed by atoms with Crippen LogP contribution in [-0.2, 0) is 30.0 Å². The van der Waals surface area contributed by atoms with Crippen molar-refractivity contribution in [3.63, 3.8) is 0 Å². The van der Waals surface area contributed by atoms with Crippen LogP contribution in [0.3, 0.4) is 0 Å². The molecule has 5 N–H and O–H groups in total. The summed E-state index contributed by atoms with van der Waals surface area (Å²) < 4.78 is 6.35. The van der Waals surface area contributed by atoms with Gasteiger partial charge in [0.1, 0.15) is 28.6 Å². The van der Waals surface area contributed by atoms with Crippen molar-refractivity contribution in [2.75, 3.05) is 0 Å². The first-order valence-corrected chi connectivity index (χ1v) is 22.5. The van der Waals surface area contributed by atoms with Crippen molar-refractivity contribution in [1.29, 1.82) is 0 Å². The van der Waals surface area contributed by atoms with E-state index >= 15 is 0 Å². The van der Waals surface area contributed by atoms with E-state index in [1.54, 1.807) is 40.8 Å². The highest BCUT2D eigenvalue weighted by molar-refractivity contribution is 5.81. The third kappa shape index (κ3) is 16.1. The van der Waals surface area contributed by atoms with Crippen molar-refractivity contribution < 1.29 is 37.3 Å². The number of esters is 1. The zero-order chi connectivity index (χ0) is 48.0. The molecule has 4 rings (SSSR count). The minimum atomic E-state index is -1.02. The number of carbonyl (C=O) groups excluding carboxylic acids is 1. The maximum Gasteiger partial charge on any atom is 0.319 e. The number of aliphatic carboxylic acids is 2. The average molecular weight is 864 g/mol. The molecule has 0 amide bonds. The van der Waals surface area contributed by atoms with Gasteiger partial charge in [0.05, 0.1) is 12.0 Å². The van der Waals surface area contributed by atoms with Crippen molar-refractivity contribution in [3.05, 3.63) is 29.4 Å². The van der Waals surface area contributed by atoms with Gasteiger partial charge in [0.15, 0.2) is 5.82 Å². The lowest BCUT2D eigenvalue weighted by Crippen LogP contribution is -2.51. The van der Waals surface area contributed by atoms with E-state index in [2.05, 4.69) is 122 Å². The van der Waals surface area contributed by atoms with Gasteiger partial charge in [-0.1, -0.05) is 111 Å². The molecule has 12 heteroatoms. The normalized spacial score (nSPS) is 25.2. The second-order valence-electron chi connectivity index (χ2n) is 24.1. The van der Waals surface area contributed by atoms with Crippen LogP contribution < -0.4 is 0 Å². The van der Waals surface area contributed by atoms with Crippen molar-refractivity contribution in [1.82, 2.24) is 25.1 Å². The van der Waals surface area contributed by atoms with Crippen LogP contribution in [0, 0.1) is 76.9 Å². The van der Waals surface area contributed by atoms with E-state index in [0.29, 0.717) is 47.1 Å². The Balaban J connectivity index is 0. The summed E-state index contributed by atoms with van der Waals surface area (Å²) in [5.41, 5.74) is -0.233. The lowest BCUT2D eigenvalue weighted by Gasteiger charge is -2.50.